The zero-order valence-electron chi connectivity index (χ0n) is 12.4. The van der Waals surface area contributed by atoms with Crippen LogP contribution in [-0.4, -0.2) is 62.7 Å². The van der Waals surface area contributed by atoms with Gasteiger partial charge in [-0.2, -0.15) is 0 Å². The van der Waals surface area contributed by atoms with E-state index in [4.69, 9.17) is 4.74 Å². The Hall–Kier alpha value is -0.610. The van der Waals surface area contributed by atoms with Gasteiger partial charge in [0.25, 0.3) is 0 Å². The summed E-state index contributed by atoms with van der Waals surface area (Å²) in [5.41, 5.74) is 0. The van der Waals surface area contributed by atoms with Crippen molar-refractivity contribution in [3.63, 3.8) is 0 Å². The third-order valence-electron chi connectivity index (χ3n) is 4.65. The highest BCUT2D eigenvalue weighted by Crippen LogP contribution is 2.26. The summed E-state index contributed by atoms with van der Waals surface area (Å²) in [4.78, 5) is 16.9. The van der Waals surface area contributed by atoms with E-state index >= 15 is 0 Å². The Labute approximate surface area is 117 Å². The summed E-state index contributed by atoms with van der Waals surface area (Å²) in [6.45, 7) is 5.34. The van der Waals surface area contributed by atoms with Gasteiger partial charge in [-0.15, -0.1) is 0 Å². The Morgan fingerprint density at radius 3 is 2.42 bits per heavy atom. The molecule has 2 unspecified atom stereocenters. The minimum Gasteiger partial charge on any atom is -0.469 e. The topological polar surface area (TPSA) is 32.8 Å². The molecule has 0 amide bonds. The average molecular weight is 268 g/mol. The summed E-state index contributed by atoms with van der Waals surface area (Å²) in [7, 11) is 3.66. The van der Waals surface area contributed by atoms with Gasteiger partial charge in [-0.25, -0.2) is 0 Å². The standard InChI is InChI=1S/C15H28N2O2/c1-16-10-7-13(11-16)14(15(18)19-2)12-17-8-5-3-4-6-9-17/h13-14H,3-12H2,1-2H3. The van der Waals surface area contributed by atoms with Crippen LogP contribution in [0.4, 0.5) is 0 Å². The minimum atomic E-state index is -0.00968. The van der Waals surface area contributed by atoms with Crippen molar-refractivity contribution in [3.8, 4) is 0 Å². The van der Waals surface area contributed by atoms with Crippen LogP contribution in [0.2, 0.25) is 0 Å². The first-order valence-corrected chi connectivity index (χ1v) is 7.69. The van der Waals surface area contributed by atoms with Crippen LogP contribution >= 0.6 is 0 Å². The normalized spacial score (nSPS) is 28.0. The summed E-state index contributed by atoms with van der Waals surface area (Å²) >= 11 is 0. The number of likely N-dealkylation sites (tertiary alicyclic amines) is 2. The summed E-state index contributed by atoms with van der Waals surface area (Å²) in [5, 5.41) is 0. The van der Waals surface area contributed by atoms with Gasteiger partial charge in [-0.3, -0.25) is 4.79 Å². The summed E-state index contributed by atoms with van der Waals surface area (Å²) < 4.78 is 5.05. The zero-order chi connectivity index (χ0) is 13.7. The monoisotopic (exact) mass is 268 g/mol. The van der Waals surface area contributed by atoms with Gasteiger partial charge in [0.1, 0.15) is 0 Å². The average Bonchev–Trinajstić information content (AvgIpc) is 2.68. The van der Waals surface area contributed by atoms with Gasteiger partial charge >= 0.3 is 5.97 Å². The Morgan fingerprint density at radius 1 is 1.21 bits per heavy atom. The second kappa shape index (κ2) is 7.25. The summed E-state index contributed by atoms with van der Waals surface area (Å²) in [6, 6.07) is 0. The number of methoxy groups -OCH3 is 1. The molecule has 2 atom stereocenters. The van der Waals surface area contributed by atoms with E-state index in [-0.39, 0.29) is 11.9 Å². The van der Waals surface area contributed by atoms with Crippen LogP contribution < -0.4 is 0 Å². The van der Waals surface area contributed by atoms with Crippen LogP contribution in [0.15, 0.2) is 0 Å². The molecule has 0 aromatic carbocycles. The highest BCUT2D eigenvalue weighted by atomic mass is 16.5. The number of carbonyl (C=O) groups is 1. The molecule has 4 heteroatoms. The molecule has 0 N–H and O–H groups in total. The van der Waals surface area contributed by atoms with Gasteiger partial charge in [0, 0.05) is 13.1 Å². The van der Waals surface area contributed by atoms with E-state index in [0.717, 1.165) is 39.1 Å². The Kier molecular flexibility index (Phi) is 5.64. The van der Waals surface area contributed by atoms with Crippen molar-refractivity contribution >= 4 is 5.97 Å². The minimum absolute atomic E-state index is 0.00968. The molecule has 0 spiro atoms. The van der Waals surface area contributed by atoms with Gasteiger partial charge in [0.2, 0.25) is 0 Å². The highest BCUT2D eigenvalue weighted by Gasteiger charge is 2.34. The molecule has 2 aliphatic heterocycles. The largest absolute Gasteiger partial charge is 0.469 e. The van der Waals surface area contributed by atoms with E-state index in [1.165, 1.54) is 32.8 Å². The second-order valence-electron chi connectivity index (χ2n) is 6.16. The Balaban J connectivity index is 1.94. The first kappa shape index (κ1) is 14.8. The van der Waals surface area contributed by atoms with Gasteiger partial charge < -0.3 is 14.5 Å². The van der Waals surface area contributed by atoms with Crippen molar-refractivity contribution in [3.05, 3.63) is 0 Å². The summed E-state index contributed by atoms with van der Waals surface area (Å²) in [6.07, 6.45) is 6.36. The molecule has 0 aromatic heterocycles. The van der Waals surface area contributed by atoms with Crippen molar-refractivity contribution < 1.29 is 9.53 Å². The molecule has 2 saturated heterocycles. The van der Waals surface area contributed by atoms with Gasteiger partial charge in [0.05, 0.1) is 13.0 Å². The van der Waals surface area contributed by atoms with Crippen LogP contribution in [-0.2, 0) is 9.53 Å². The van der Waals surface area contributed by atoms with E-state index in [1.54, 1.807) is 0 Å². The van der Waals surface area contributed by atoms with Crippen LogP contribution in [0.5, 0.6) is 0 Å². The van der Waals surface area contributed by atoms with Crippen LogP contribution in [0.1, 0.15) is 32.1 Å². The summed E-state index contributed by atoms with van der Waals surface area (Å²) in [5.74, 6) is 0.526. The molecule has 0 aromatic rings. The number of esters is 1. The molecule has 0 bridgehead atoms. The third-order valence-corrected chi connectivity index (χ3v) is 4.65. The molecule has 0 aliphatic carbocycles. The number of rotatable bonds is 4. The van der Waals surface area contributed by atoms with E-state index in [1.807, 2.05) is 0 Å². The number of ether oxygens (including phenoxy) is 1. The van der Waals surface area contributed by atoms with E-state index in [2.05, 4.69) is 16.8 Å². The molecule has 110 valence electrons. The molecule has 4 nitrogen and oxygen atoms in total. The lowest BCUT2D eigenvalue weighted by molar-refractivity contribution is -0.148. The van der Waals surface area contributed by atoms with Gasteiger partial charge in [-0.05, 0) is 51.9 Å². The maximum absolute atomic E-state index is 12.1. The fourth-order valence-electron chi connectivity index (χ4n) is 3.46. The number of nitrogens with zero attached hydrogens (tertiary/aromatic N) is 2. The fraction of sp³-hybridized carbons (Fsp3) is 0.933. The van der Waals surface area contributed by atoms with Crippen molar-refractivity contribution in [2.24, 2.45) is 11.8 Å². The fourth-order valence-corrected chi connectivity index (χ4v) is 3.46. The lowest BCUT2D eigenvalue weighted by Crippen LogP contribution is -2.39. The molecule has 2 fully saturated rings. The zero-order valence-corrected chi connectivity index (χ0v) is 12.4. The molecule has 2 heterocycles. The molecule has 0 saturated carbocycles. The predicted octanol–water partition coefficient (Wildman–Crippen LogP) is 1.60. The van der Waals surface area contributed by atoms with Gasteiger partial charge in [-0.1, -0.05) is 12.8 Å². The van der Waals surface area contributed by atoms with Crippen molar-refractivity contribution in [2.75, 3.05) is 46.9 Å². The van der Waals surface area contributed by atoms with Crippen molar-refractivity contribution in [1.29, 1.82) is 0 Å². The predicted molar refractivity (Wildman–Crippen MR) is 76.0 cm³/mol. The SMILES string of the molecule is COC(=O)C(CN1CCCCCC1)C1CCN(C)C1. The lowest BCUT2D eigenvalue weighted by Gasteiger charge is -2.28. The Bertz CT molecular complexity index is 288. The third kappa shape index (κ3) is 4.18. The Morgan fingerprint density at radius 2 is 1.89 bits per heavy atom. The quantitative estimate of drug-likeness (QED) is 0.725. The van der Waals surface area contributed by atoms with Crippen LogP contribution in [0.25, 0.3) is 0 Å². The van der Waals surface area contributed by atoms with Crippen LogP contribution in [0, 0.1) is 11.8 Å². The second-order valence-corrected chi connectivity index (χ2v) is 6.16. The van der Waals surface area contributed by atoms with Crippen LogP contribution in [0.3, 0.4) is 0 Å². The van der Waals surface area contributed by atoms with E-state index in [9.17, 15) is 4.79 Å². The van der Waals surface area contributed by atoms with E-state index < -0.39 is 0 Å². The molecule has 0 radical (unpaired) electrons. The first-order chi connectivity index (χ1) is 9.20. The molecule has 2 rings (SSSR count). The van der Waals surface area contributed by atoms with Crippen molar-refractivity contribution in [1.82, 2.24) is 9.80 Å². The molecular formula is C15H28N2O2. The number of hydrogen-bond donors (Lipinski definition) is 0. The number of hydrogen-bond acceptors (Lipinski definition) is 4. The maximum Gasteiger partial charge on any atom is 0.310 e. The van der Waals surface area contributed by atoms with E-state index in [0.29, 0.717) is 5.92 Å². The molecule has 19 heavy (non-hydrogen) atoms. The van der Waals surface area contributed by atoms with Crippen molar-refractivity contribution in [2.45, 2.75) is 32.1 Å². The van der Waals surface area contributed by atoms with Gasteiger partial charge in [0.15, 0.2) is 0 Å². The maximum atomic E-state index is 12.1. The smallest absolute Gasteiger partial charge is 0.310 e. The first-order valence-electron chi connectivity index (χ1n) is 7.69. The molecule has 2 aliphatic rings. The lowest BCUT2D eigenvalue weighted by atomic mass is 9.91. The highest BCUT2D eigenvalue weighted by molar-refractivity contribution is 5.73. The molecular weight excluding hydrogens is 240 g/mol. The number of carbonyl (C=O) groups excluding carboxylic acids is 1.